The molecule has 2 rings (SSSR count). The summed E-state index contributed by atoms with van der Waals surface area (Å²) in [5, 5.41) is 10.7. The third kappa shape index (κ3) is 2.76. The lowest BCUT2D eigenvalue weighted by atomic mass is 9.97. The zero-order chi connectivity index (χ0) is 14.2. The standard InChI is InChI=1S/C15H18ClNO2/c1-9(2)17-8-13(10(3)6-15(18)19)12-7-11(16)4-5-14(12)17/h4-5,7-10H,6H2,1-3H3,(H,18,19). The maximum atomic E-state index is 10.9. The van der Waals surface area contributed by atoms with Crippen LogP contribution >= 0.6 is 11.6 Å². The van der Waals surface area contributed by atoms with E-state index < -0.39 is 5.97 Å². The van der Waals surface area contributed by atoms with E-state index in [9.17, 15) is 4.79 Å². The van der Waals surface area contributed by atoms with Crippen LogP contribution in [0.25, 0.3) is 10.9 Å². The Morgan fingerprint density at radius 2 is 2.05 bits per heavy atom. The van der Waals surface area contributed by atoms with Gasteiger partial charge in [-0.2, -0.15) is 0 Å². The number of aromatic nitrogens is 1. The molecule has 2 aromatic rings. The maximum absolute atomic E-state index is 10.9. The summed E-state index contributed by atoms with van der Waals surface area (Å²) in [4.78, 5) is 10.9. The molecule has 0 bridgehead atoms. The minimum Gasteiger partial charge on any atom is -0.481 e. The molecule has 0 fully saturated rings. The van der Waals surface area contributed by atoms with E-state index in [1.807, 2.05) is 25.1 Å². The van der Waals surface area contributed by atoms with Gasteiger partial charge in [-0.05, 0) is 43.5 Å². The Hall–Kier alpha value is -1.48. The fraction of sp³-hybridized carbons (Fsp3) is 0.400. The highest BCUT2D eigenvalue weighted by Crippen LogP contribution is 2.33. The molecule has 1 heterocycles. The second-order valence-electron chi connectivity index (χ2n) is 5.25. The predicted octanol–water partition coefficient (Wildman–Crippen LogP) is 4.45. The Morgan fingerprint density at radius 3 is 2.63 bits per heavy atom. The molecular formula is C15H18ClNO2. The Balaban J connectivity index is 2.59. The monoisotopic (exact) mass is 279 g/mol. The fourth-order valence-electron chi connectivity index (χ4n) is 2.45. The lowest BCUT2D eigenvalue weighted by Gasteiger charge is -2.09. The van der Waals surface area contributed by atoms with E-state index in [1.165, 1.54) is 0 Å². The second-order valence-corrected chi connectivity index (χ2v) is 5.68. The van der Waals surface area contributed by atoms with E-state index in [0.29, 0.717) is 11.1 Å². The van der Waals surface area contributed by atoms with Crippen molar-refractivity contribution in [2.75, 3.05) is 0 Å². The number of carbonyl (C=O) groups is 1. The summed E-state index contributed by atoms with van der Waals surface area (Å²) in [6.45, 7) is 6.16. The van der Waals surface area contributed by atoms with Crippen molar-refractivity contribution in [1.82, 2.24) is 4.57 Å². The van der Waals surface area contributed by atoms with Gasteiger partial charge in [0.15, 0.2) is 0 Å². The van der Waals surface area contributed by atoms with Gasteiger partial charge in [-0.1, -0.05) is 18.5 Å². The molecule has 0 spiro atoms. The smallest absolute Gasteiger partial charge is 0.303 e. The molecule has 1 unspecified atom stereocenters. The zero-order valence-electron chi connectivity index (χ0n) is 11.4. The normalized spacial score (nSPS) is 13.1. The van der Waals surface area contributed by atoms with Gasteiger partial charge >= 0.3 is 5.97 Å². The number of aliphatic carboxylic acids is 1. The molecule has 102 valence electrons. The number of hydrogen-bond acceptors (Lipinski definition) is 1. The summed E-state index contributed by atoms with van der Waals surface area (Å²) in [6.07, 6.45) is 2.18. The molecule has 4 heteroatoms. The first-order valence-electron chi connectivity index (χ1n) is 6.42. The first-order valence-corrected chi connectivity index (χ1v) is 6.79. The van der Waals surface area contributed by atoms with Gasteiger partial charge in [0.05, 0.1) is 6.42 Å². The summed E-state index contributed by atoms with van der Waals surface area (Å²) in [7, 11) is 0. The highest BCUT2D eigenvalue weighted by molar-refractivity contribution is 6.31. The van der Waals surface area contributed by atoms with Gasteiger partial charge in [0.25, 0.3) is 0 Å². The Morgan fingerprint density at radius 1 is 1.37 bits per heavy atom. The largest absolute Gasteiger partial charge is 0.481 e. The minimum atomic E-state index is -0.778. The van der Waals surface area contributed by atoms with Crippen LogP contribution in [0.1, 0.15) is 44.7 Å². The third-order valence-electron chi connectivity index (χ3n) is 3.39. The number of carboxylic acids is 1. The van der Waals surface area contributed by atoms with Crippen LogP contribution in [0.2, 0.25) is 5.02 Å². The van der Waals surface area contributed by atoms with Crippen LogP contribution in [0, 0.1) is 0 Å². The van der Waals surface area contributed by atoms with Crippen LogP contribution in [-0.4, -0.2) is 15.6 Å². The molecule has 0 saturated heterocycles. The maximum Gasteiger partial charge on any atom is 0.303 e. The number of rotatable bonds is 4. The Labute approximate surface area is 117 Å². The molecule has 0 amide bonds. The fourth-order valence-corrected chi connectivity index (χ4v) is 2.62. The van der Waals surface area contributed by atoms with Gasteiger partial charge in [-0.25, -0.2) is 0 Å². The van der Waals surface area contributed by atoms with Gasteiger partial charge in [0.2, 0.25) is 0 Å². The molecular weight excluding hydrogens is 262 g/mol. The van der Waals surface area contributed by atoms with Crippen molar-refractivity contribution in [1.29, 1.82) is 0 Å². The van der Waals surface area contributed by atoms with Crippen molar-refractivity contribution in [2.24, 2.45) is 0 Å². The minimum absolute atomic E-state index is 0.0292. The zero-order valence-corrected chi connectivity index (χ0v) is 12.1. The molecule has 0 aliphatic rings. The van der Waals surface area contributed by atoms with E-state index in [1.54, 1.807) is 0 Å². The number of carboxylic acid groups (broad SMARTS) is 1. The predicted molar refractivity (Wildman–Crippen MR) is 78.0 cm³/mol. The van der Waals surface area contributed by atoms with Crippen LogP contribution in [0.5, 0.6) is 0 Å². The van der Waals surface area contributed by atoms with Gasteiger partial charge < -0.3 is 9.67 Å². The molecule has 0 aliphatic carbocycles. The van der Waals surface area contributed by atoms with Crippen molar-refractivity contribution in [3.8, 4) is 0 Å². The van der Waals surface area contributed by atoms with Crippen LogP contribution in [0.15, 0.2) is 24.4 Å². The van der Waals surface area contributed by atoms with Crippen molar-refractivity contribution in [3.05, 3.63) is 35.0 Å². The summed E-state index contributed by atoms with van der Waals surface area (Å²) in [6, 6.07) is 6.11. The quantitative estimate of drug-likeness (QED) is 0.898. The van der Waals surface area contributed by atoms with Crippen LogP contribution in [0.3, 0.4) is 0 Å². The summed E-state index contributed by atoms with van der Waals surface area (Å²) in [5.41, 5.74) is 2.15. The molecule has 1 aromatic carbocycles. The van der Waals surface area contributed by atoms with Gasteiger partial charge in [-0.15, -0.1) is 0 Å². The molecule has 1 aromatic heterocycles. The topological polar surface area (TPSA) is 42.2 Å². The number of fused-ring (bicyclic) bond motifs is 1. The van der Waals surface area contributed by atoms with Crippen LogP contribution < -0.4 is 0 Å². The van der Waals surface area contributed by atoms with Crippen LogP contribution in [0.4, 0.5) is 0 Å². The summed E-state index contributed by atoms with van der Waals surface area (Å²) >= 11 is 6.06. The lowest BCUT2D eigenvalue weighted by molar-refractivity contribution is -0.137. The molecule has 0 radical (unpaired) electrons. The number of benzene rings is 1. The van der Waals surface area contributed by atoms with Crippen molar-refractivity contribution in [2.45, 2.75) is 39.2 Å². The summed E-state index contributed by atoms with van der Waals surface area (Å²) in [5.74, 6) is -0.807. The first kappa shape index (κ1) is 13.9. The van der Waals surface area contributed by atoms with E-state index in [0.717, 1.165) is 16.5 Å². The Kier molecular flexibility index (Phi) is 3.85. The average Bonchev–Trinajstić information content (AvgIpc) is 2.66. The lowest BCUT2D eigenvalue weighted by Crippen LogP contribution is -2.02. The van der Waals surface area contributed by atoms with Crippen molar-refractivity contribution >= 4 is 28.5 Å². The molecule has 1 atom stereocenters. The van der Waals surface area contributed by atoms with Gasteiger partial charge in [-0.3, -0.25) is 4.79 Å². The molecule has 0 aliphatic heterocycles. The first-order chi connectivity index (χ1) is 8.90. The third-order valence-corrected chi connectivity index (χ3v) is 3.63. The van der Waals surface area contributed by atoms with E-state index in [4.69, 9.17) is 16.7 Å². The van der Waals surface area contributed by atoms with Gasteiger partial charge in [0, 0.05) is 28.2 Å². The second kappa shape index (κ2) is 5.25. The highest BCUT2D eigenvalue weighted by Gasteiger charge is 2.17. The Bertz CT molecular complexity index is 616. The van der Waals surface area contributed by atoms with Crippen molar-refractivity contribution in [3.63, 3.8) is 0 Å². The number of hydrogen-bond donors (Lipinski definition) is 1. The van der Waals surface area contributed by atoms with E-state index >= 15 is 0 Å². The summed E-state index contributed by atoms with van der Waals surface area (Å²) < 4.78 is 2.17. The van der Waals surface area contributed by atoms with Crippen molar-refractivity contribution < 1.29 is 9.90 Å². The molecule has 1 N–H and O–H groups in total. The van der Waals surface area contributed by atoms with E-state index in [2.05, 4.69) is 24.6 Å². The van der Waals surface area contributed by atoms with E-state index in [-0.39, 0.29) is 12.3 Å². The molecule has 0 saturated carbocycles. The average molecular weight is 280 g/mol. The SMILES string of the molecule is CC(CC(=O)O)c1cn(C(C)C)c2ccc(Cl)cc12. The number of nitrogens with zero attached hydrogens (tertiary/aromatic N) is 1. The van der Waals surface area contributed by atoms with Gasteiger partial charge in [0.1, 0.15) is 0 Å². The molecule has 19 heavy (non-hydrogen) atoms. The highest BCUT2D eigenvalue weighted by atomic mass is 35.5. The number of halogens is 1. The molecule has 3 nitrogen and oxygen atoms in total. The van der Waals surface area contributed by atoms with Crippen LogP contribution in [-0.2, 0) is 4.79 Å².